The highest BCUT2D eigenvalue weighted by atomic mass is 16.5. The van der Waals surface area contributed by atoms with Crippen LogP contribution in [0.3, 0.4) is 0 Å². The molecular formula is C17H28N2O3. The van der Waals surface area contributed by atoms with Gasteiger partial charge >= 0.3 is 0 Å². The maximum Gasteiger partial charge on any atom is 0.124 e. The van der Waals surface area contributed by atoms with Gasteiger partial charge in [0.15, 0.2) is 0 Å². The van der Waals surface area contributed by atoms with Crippen LogP contribution < -0.4 is 14.8 Å². The molecule has 0 amide bonds. The quantitative estimate of drug-likeness (QED) is 0.839. The maximum atomic E-state index is 10.8. The third kappa shape index (κ3) is 4.12. The zero-order valence-electron chi connectivity index (χ0n) is 14.0. The fraction of sp³-hybridized carbons (Fsp3) is 0.647. The van der Waals surface area contributed by atoms with Crippen LogP contribution >= 0.6 is 0 Å². The van der Waals surface area contributed by atoms with Crippen LogP contribution in [0.25, 0.3) is 0 Å². The van der Waals surface area contributed by atoms with Crippen LogP contribution in [0.1, 0.15) is 32.4 Å². The number of aliphatic hydroxyl groups is 1. The summed E-state index contributed by atoms with van der Waals surface area (Å²) in [7, 11) is 1.63. The number of rotatable bonds is 6. The van der Waals surface area contributed by atoms with E-state index in [1.165, 1.54) is 0 Å². The summed E-state index contributed by atoms with van der Waals surface area (Å²) in [5.74, 6) is 1.46. The number of hydrogen-bond donors (Lipinski definition) is 2. The van der Waals surface area contributed by atoms with Crippen LogP contribution in [-0.2, 0) is 0 Å². The Hall–Kier alpha value is -1.30. The highest BCUT2D eigenvalue weighted by Gasteiger charge is 2.26. The van der Waals surface area contributed by atoms with Crippen molar-refractivity contribution in [3.63, 3.8) is 0 Å². The third-order valence-electron chi connectivity index (χ3n) is 4.08. The lowest BCUT2D eigenvalue weighted by Crippen LogP contribution is -2.49. The van der Waals surface area contributed by atoms with E-state index in [0.29, 0.717) is 5.75 Å². The van der Waals surface area contributed by atoms with Crippen molar-refractivity contribution < 1.29 is 14.6 Å². The molecule has 1 fully saturated rings. The molecule has 1 aromatic carbocycles. The van der Waals surface area contributed by atoms with Gasteiger partial charge in [-0.2, -0.15) is 0 Å². The van der Waals surface area contributed by atoms with Gasteiger partial charge in [-0.1, -0.05) is 0 Å². The molecule has 1 saturated heterocycles. The van der Waals surface area contributed by atoms with Gasteiger partial charge in [-0.15, -0.1) is 0 Å². The van der Waals surface area contributed by atoms with Gasteiger partial charge in [-0.3, -0.25) is 4.90 Å². The van der Waals surface area contributed by atoms with Gasteiger partial charge < -0.3 is 19.9 Å². The van der Waals surface area contributed by atoms with E-state index in [1.54, 1.807) is 7.11 Å². The summed E-state index contributed by atoms with van der Waals surface area (Å²) in [5, 5.41) is 14.1. The molecule has 124 valence electrons. The predicted octanol–water partition coefficient (Wildman–Crippen LogP) is 1.81. The van der Waals surface area contributed by atoms with E-state index in [9.17, 15) is 5.11 Å². The van der Waals surface area contributed by atoms with Gasteiger partial charge in [-0.05, 0) is 39.0 Å². The fourth-order valence-corrected chi connectivity index (χ4v) is 2.84. The maximum absolute atomic E-state index is 10.8. The lowest BCUT2D eigenvalue weighted by Gasteiger charge is -2.35. The minimum absolute atomic E-state index is 0.0327. The van der Waals surface area contributed by atoms with Gasteiger partial charge in [0.1, 0.15) is 11.5 Å². The van der Waals surface area contributed by atoms with E-state index in [4.69, 9.17) is 9.47 Å². The van der Waals surface area contributed by atoms with Crippen LogP contribution in [0.15, 0.2) is 18.2 Å². The molecule has 22 heavy (non-hydrogen) atoms. The molecule has 2 N–H and O–H groups in total. The molecule has 0 aromatic heterocycles. The predicted molar refractivity (Wildman–Crippen MR) is 87.6 cm³/mol. The molecule has 1 aliphatic heterocycles. The number of aliphatic hydroxyl groups excluding tert-OH is 1. The first-order valence-electron chi connectivity index (χ1n) is 8.00. The lowest BCUT2D eigenvalue weighted by atomic mass is 10.00. The van der Waals surface area contributed by atoms with Crippen molar-refractivity contribution in [2.45, 2.75) is 39.0 Å². The molecule has 5 nitrogen and oxygen atoms in total. The highest BCUT2D eigenvalue weighted by molar-refractivity contribution is 5.42. The molecule has 1 heterocycles. The summed E-state index contributed by atoms with van der Waals surface area (Å²) in [4.78, 5) is 2.30. The monoisotopic (exact) mass is 308 g/mol. The first-order chi connectivity index (χ1) is 10.5. The first kappa shape index (κ1) is 17.1. The normalized spacial score (nSPS) is 19.0. The van der Waals surface area contributed by atoms with Gasteiger partial charge in [-0.25, -0.2) is 0 Å². The summed E-state index contributed by atoms with van der Waals surface area (Å²) in [6.07, 6.45) is -0.507. The van der Waals surface area contributed by atoms with Crippen molar-refractivity contribution in [2.24, 2.45) is 0 Å². The van der Waals surface area contributed by atoms with Gasteiger partial charge in [0.25, 0.3) is 0 Å². The van der Waals surface area contributed by atoms with Crippen LogP contribution in [0, 0.1) is 0 Å². The molecule has 2 atom stereocenters. The van der Waals surface area contributed by atoms with E-state index in [1.807, 2.05) is 32.0 Å². The van der Waals surface area contributed by atoms with Crippen molar-refractivity contribution >= 4 is 0 Å². The van der Waals surface area contributed by atoms with Crippen molar-refractivity contribution in [2.75, 3.05) is 33.3 Å². The SMILES string of the molecule is COc1ccc(OC(C)C)cc1C(O)C(C)N1CCNCC1. The molecule has 0 radical (unpaired) electrons. The lowest BCUT2D eigenvalue weighted by molar-refractivity contribution is 0.0492. The number of benzene rings is 1. The Morgan fingerprint density at radius 1 is 1.18 bits per heavy atom. The Morgan fingerprint density at radius 2 is 1.86 bits per heavy atom. The van der Waals surface area contributed by atoms with Crippen LogP contribution in [-0.4, -0.2) is 55.4 Å². The van der Waals surface area contributed by atoms with Crippen molar-refractivity contribution in [3.05, 3.63) is 23.8 Å². The Morgan fingerprint density at radius 3 is 2.45 bits per heavy atom. The standard InChI is InChI=1S/C17H28N2O3/c1-12(2)22-14-5-6-16(21-4)15(11-14)17(20)13(3)19-9-7-18-8-10-19/h5-6,11-13,17-18,20H,7-10H2,1-4H3. The largest absolute Gasteiger partial charge is 0.496 e. The van der Waals surface area contributed by atoms with E-state index in [2.05, 4.69) is 17.1 Å². The number of piperazine rings is 1. The molecule has 0 saturated carbocycles. The van der Waals surface area contributed by atoms with Crippen LogP contribution in [0.5, 0.6) is 11.5 Å². The zero-order chi connectivity index (χ0) is 16.1. The van der Waals surface area contributed by atoms with E-state index in [0.717, 1.165) is 37.5 Å². The van der Waals surface area contributed by atoms with Crippen LogP contribution in [0.2, 0.25) is 0 Å². The summed E-state index contributed by atoms with van der Waals surface area (Å²) in [6.45, 7) is 9.86. The van der Waals surface area contributed by atoms with E-state index in [-0.39, 0.29) is 12.1 Å². The van der Waals surface area contributed by atoms with Crippen molar-refractivity contribution in [3.8, 4) is 11.5 Å². The summed E-state index contributed by atoms with van der Waals surface area (Å²) >= 11 is 0. The number of ether oxygens (including phenoxy) is 2. The van der Waals surface area contributed by atoms with Crippen molar-refractivity contribution in [1.82, 2.24) is 10.2 Å². The molecule has 0 spiro atoms. The first-order valence-corrected chi connectivity index (χ1v) is 8.00. The Kier molecular flexibility index (Phi) is 6.06. The second-order valence-corrected chi connectivity index (χ2v) is 6.04. The van der Waals surface area contributed by atoms with Gasteiger partial charge in [0.2, 0.25) is 0 Å². The average molecular weight is 308 g/mol. The topological polar surface area (TPSA) is 54.0 Å². The number of nitrogens with zero attached hydrogens (tertiary/aromatic N) is 1. The summed E-state index contributed by atoms with van der Waals surface area (Å²) in [6, 6.07) is 5.67. The fourth-order valence-electron chi connectivity index (χ4n) is 2.84. The molecule has 0 bridgehead atoms. The Balaban J connectivity index is 2.19. The molecule has 2 unspecified atom stereocenters. The summed E-state index contributed by atoms with van der Waals surface area (Å²) < 4.78 is 11.2. The second kappa shape index (κ2) is 7.81. The smallest absolute Gasteiger partial charge is 0.124 e. The van der Waals surface area contributed by atoms with Gasteiger partial charge in [0, 0.05) is 37.8 Å². The minimum atomic E-state index is -0.608. The second-order valence-electron chi connectivity index (χ2n) is 6.04. The molecule has 1 aliphatic rings. The Bertz CT molecular complexity index is 473. The molecule has 2 rings (SSSR count). The molecular weight excluding hydrogens is 280 g/mol. The third-order valence-corrected chi connectivity index (χ3v) is 4.08. The van der Waals surface area contributed by atoms with E-state index < -0.39 is 6.10 Å². The van der Waals surface area contributed by atoms with Gasteiger partial charge in [0.05, 0.1) is 19.3 Å². The molecule has 5 heteroatoms. The number of methoxy groups -OCH3 is 1. The molecule has 0 aliphatic carbocycles. The molecule has 1 aromatic rings. The Labute approximate surface area is 133 Å². The summed E-state index contributed by atoms with van der Waals surface area (Å²) in [5.41, 5.74) is 0.784. The number of nitrogens with one attached hydrogen (secondary N) is 1. The minimum Gasteiger partial charge on any atom is -0.496 e. The van der Waals surface area contributed by atoms with E-state index >= 15 is 0 Å². The van der Waals surface area contributed by atoms with Crippen molar-refractivity contribution in [1.29, 1.82) is 0 Å². The average Bonchev–Trinajstić information content (AvgIpc) is 2.53. The highest BCUT2D eigenvalue weighted by Crippen LogP contribution is 2.33. The zero-order valence-corrected chi connectivity index (χ0v) is 14.0. The van der Waals surface area contributed by atoms with Crippen LogP contribution in [0.4, 0.5) is 0 Å². The number of hydrogen-bond acceptors (Lipinski definition) is 5.